The van der Waals surface area contributed by atoms with Gasteiger partial charge in [0.25, 0.3) is 0 Å². The van der Waals surface area contributed by atoms with Gasteiger partial charge >= 0.3 is 0 Å². The molecule has 0 radical (unpaired) electrons. The van der Waals surface area contributed by atoms with Crippen molar-refractivity contribution in [2.24, 2.45) is 13.0 Å². The van der Waals surface area contributed by atoms with E-state index in [4.69, 9.17) is 0 Å². The summed E-state index contributed by atoms with van der Waals surface area (Å²) in [4.78, 5) is 0. The average molecular weight is 387 g/mol. The first-order valence-corrected chi connectivity index (χ1v) is 11.6. The summed E-state index contributed by atoms with van der Waals surface area (Å²) in [6.07, 6.45) is 9.08. The van der Waals surface area contributed by atoms with Crippen LogP contribution in [0, 0.1) is 19.8 Å². The molecule has 4 rings (SSSR count). The van der Waals surface area contributed by atoms with Crippen molar-refractivity contribution in [2.45, 2.75) is 72.6 Å². The molecule has 0 spiro atoms. The van der Waals surface area contributed by atoms with Crippen LogP contribution in [-0.2, 0) is 26.3 Å². The third-order valence-corrected chi connectivity index (χ3v) is 7.22. The van der Waals surface area contributed by atoms with Crippen molar-refractivity contribution < 1.29 is 4.57 Å². The molecule has 0 aliphatic heterocycles. The van der Waals surface area contributed by atoms with Gasteiger partial charge in [0, 0.05) is 13.0 Å². The number of benzene rings is 2. The maximum Gasteiger partial charge on any atom is 0.220 e. The summed E-state index contributed by atoms with van der Waals surface area (Å²) in [6, 6.07) is 14.4. The van der Waals surface area contributed by atoms with E-state index in [9.17, 15) is 0 Å². The lowest BCUT2D eigenvalue weighted by Crippen LogP contribution is -2.35. The predicted molar refractivity (Wildman–Crippen MR) is 124 cm³/mol. The summed E-state index contributed by atoms with van der Waals surface area (Å²) in [6.45, 7) is 9.08. The van der Waals surface area contributed by atoms with Crippen molar-refractivity contribution in [3.8, 4) is 11.3 Å². The third-order valence-electron chi connectivity index (χ3n) is 7.22. The molecular formula is C28H36N+. The van der Waals surface area contributed by atoms with E-state index in [2.05, 4.69) is 75.7 Å². The van der Waals surface area contributed by atoms with Gasteiger partial charge in [-0.2, -0.15) is 4.57 Å². The van der Waals surface area contributed by atoms with Crippen LogP contribution in [0.25, 0.3) is 22.0 Å². The number of fused-ring (bicyclic) bond motifs is 1. The summed E-state index contributed by atoms with van der Waals surface area (Å²) < 4.78 is 2.39. The van der Waals surface area contributed by atoms with Gasteiger partial charge in [-0.25, -0.2) is 0 Å². The highest BCUT2D eigenvalue weighted by Crippen LogP contribution is 2.34. The molecular weight excluding hydrogens is 350 g/mol. The van der Waals surface area contributed by atoms with Crippen LogP contribution in [0.4, 0.5) is 0 Å². The van der Waals surface area contributed by atoms with E-state index in [-0.39, 0.29) is 0 Å². The maximum atomic E-state index is 2.46. The van der Waals surface area contributed by atoms with E-state index < -0.39 is 0 Å². The fraction of sp³-hybridized carbons (Fsp3) is 0.464. The number of pyridine rings is 1. The second-order valence-electron chi connectivity index (χ2n) is 9.10. The van der Waals surface area contributed by atoms with Crippen molar-refractivity contribution in [3.63, 3.8) is 0 Å². The number of hydrogen-bond donors (Lipinski definition) is 0. The van der Waals surface area contributed by atoms with E-state index in [1.807, 2.05) is 0 Å². The van der Waals surface area contributed by atoms with Gasteiger partial charge in [0.2, 0.25) is 5.69 Å². The second kappa shape index (κ2) is 8.30. The summed E-state index contributed by atoms with van der Waals surface area (Å²) in [7, 11) is 2.22. The standard InChI is InChI=1S/C28H36N/c1-6-21-16-24(7-2)20(4)27(18-21)28-26-13-12-23(15-22-10-8-9-11-22)17-25(26)14-19(3)29(28)5/h12-14,16-18,22H,6-11,15H2,1-5H3/q+1. The molecule has 1 heterocycles. The minimum Gasteiger partial charge on any atom is -0.198 e. The molecule has 0 atom stereocenters. The van der Waals surface area contributed by atoms with Crippen molar-refractivity contribution in [1.82, 2.24) is 0 Å². The first-order valence-electron chi connectivity index (χ1n) is 11.6. The van der Waals surface area contributed by atoms with Gasteiger partial charge in [0.15, 0.2) is 5.69 Å². The lowest BCUT2D eigenvalue weighted by molar-refractivity contribution is -0.665. The summed E-state index contributed by atoms with van der Waals surface area (Å²) >= 11 is 0. The zero-order valence-corrected chi connectivity index (χ0v) is 18.9. The summed E-state index contributed by atoms with van der Waals surface area (Å²) in [5.41, 5.74) is 9.96. The van der Waals surface area contributed by atoms with Crippen LogP contribution in [0.2, 0.25) is 0 Å². The molecule has 152 valence electrons. The Morgan fingerprint density at radius 1 is 0.897 bits per heavy atom. The Balaban J connectivity index is 1.89. The van der Waals surface area contributed by atoms with Crippen LogP contribution >= 0.6 is 0 Å². The monoisotopic (exact) mass is 386 g/mol. The number of nitrogens with zero attached hydrogens (tertiary/aromatic N) is 1. The van der Waals surface area contributed by atoms with E-state index in [0.717, 1.165) is 18.8 Å². The van der Waals surface area contributed by atoms with Crippen LogP contribution in [-0.4, -0.2) is 0 Å². The lowest BCUT2D eigenvalue weighted by Gasteiger charge is -2.15. The highest BCUT2D eigenvalue weighted by atomic mass is 14.9. The molecule has 0 bridgehead atoms. The highest BCUT2D eigenvalue weighted by Gasteiger charge is 2.22. The Labute approximate surface area is 176 Å². The largest absolute Gasteiger partial charge is 0.220 e. The van der Waals surface area contributed by atoms with Gasteiger partial charge in [-0.1, -0.05) is 57.7 Å². The van der Waals surface area contributed by atoms with Crippen molar-refractivity contribution in [2.75, 3.05) is 0 Å². The maximum absolute atomic E-state index is 2.46. The molecule has 1 heteroatoms. The fourth-order valence-corrected chi connectivity index (χ4v) is 5.28. The Bertz CT molecular complexity index is 1040. The summed E-state index contributed by atoms with van der Waals surface area (Å²) in [5, 5.41) is 2.78. The van der Waals surface area contributed by atoms with Crippen molar-refractivity contribution in [3.05, 3.63) is 64.3 Å². The van der Waals surface area contributed by atoms with Crippen LogP contribution in [0.3, 0.4) is 0 Å². The van der Waals surface area contributed by atoms with E-state index in [1.165, 1.54) is 82.1 Å². The Morgan fingerprint density at radius 3 is 2.34 bits per heavy atom. The van der Waals surface area contributed by atoms with Crippen molar-refractivity contribution in [1.29, 1.82) is 0 Å². The molecule has 1 fully saturated rings. The molecule has 1 saturated carbocycles. The van der Waals surface area contributed by atoms with E-state index >= 15 is 0 Å². The van der Waals surface area contributed by atoms with Gasteiger partial charge in [-0.15, -0.1) is 0 Å². The average Bonchev–Trinajstić information content (AvgIpc) is 3.23. The van der Waals surface area contributed by atoms with Gasteiger partial charge in [-0.3, -0.25) is 0 Å². The Kier molecular flexibility index (Phi) is 5.76. The zero-order valence-electron chi connectivity index (χ0n) is 18.9. The molecule has 1 aromatic heterocycles. The number of hydrogen-bond acceptors (Lipinski definition) is 0. The molecule has 0 saturated heterocycles. The topological polar surface area (TPSA) is 3.88 Å². The highest BCUT2D eigenvalue weighted by molar-refractivity contribution is 5.94. The smallest absolute Gasteiger partial charge is 0.198 e. The predicted octanol–water partition coefficient (Wildman–Crippen LogP) is 6.81. The first kappa shape index (κ1) is 20.1. The fourth-order valence-electron chi connectivity index (χ4n) is 5.28. The summed E-state index contributed by atoms with van der Waals surface area (Å²) in [5.74, 6) is 0.892. The van der Waals surface area contributed by atoms with Gasteiger partial charge in [-0.05, 0) is 71.9 Å². The molecule has 29 heavy (non-hydrogen) atoms. The lowest BCUT2D eigenvalue weighted by atomic mass is 9.90. The van der Waals surface area contributed by atoms with Gasteiger partial charge in [0.1, 0.15) is 7.05 Å². The molecule has 1 aliphatic carbocycles. The molecule has 0 unspecified atom stereocenters. The van der Waals surface area contributed by atoms with Gasteiger partial charge in [0.05, 0.1) is 10.9 Å². The molecule has 0 N–H and O–H groups in total. The van der Waals surface area contributed by atoms with E-state index in [0.29, 0.717) is 0 Å². The van der Waals surface area contributed by atoms with Crippen molar-refractivity contribution >= 4 is 10.8 Å². The number of rotatable bonds is 5. The molecule has 1 nitrogen and oxygen atoms in total. The Hall–Kier alpha value is -2.15. The number of aryl methyl sites for hydroxylation is 3. The molecule has 0 amide bonds. The number of aromatic nitrogens is 1. The van der Waals surface area contributed by atoms with Crippen LogP contribution in [0.5, 0.6) is 0 Å². The SMILES string of the molecule is CCc1cc(CC)c(C)c(-c2c3ccc(CC4CCCC4)cc3cc(C)[n+]2C)c1. The molecule has 2 aromatic carbocycles. The second-order valence-corrected chi connectivity index (χ2v) is 9.10. The third kappa shape index (κ3) is 3.84. The normalized spacial score (nSPS) is 14.8. The van der Waals surface area contributed by atoms with Crippen LogP contribution in [0.15, 0.2) is 36.4 Å². The van der Waals surface area contributed by atoms with E-state index in [1.54, 1.807) is 0 Å². The van der Waals surface area contributed by atoms with Crippen LogP contribution < -0.4 is 4.57 Å². The quantitative estimate of drug-likeness (QED) is 0.424. The Morgan fingerprint density at radius 2 is 1.66 bits per heavy atom. The first-order chi connectivity index (χ1) is 14.0. The minimum atomic E-state index is 0.892. The van der Waals surface area contributed by atoms with Gasteiger partial charge < -0.3 is 0 Å². The molecule has 3 aromatic rings. The zero-order chi connectivity index (χ0) is 20.5. The van der Waals surface area contributed by atoms with Crippen LogP contribution in [0.1, 0.15) is 67.5 Å². The molecule has 1 aliphatic rings. The minimum absolute atomic E-state index is 0.892.